The molecule has 0 unspecified atom stereocenters. The normalized spacial score (nSPS) is 15.8. The monoisotopic (exact) mass is 172 g/mol. The van der Waals surface area contributed by atoms with Crippen molar-refractivity contribution in [3.63, 3.8) is 0 Å². The predicted octanol–water partition coefficient (Wildman–Crippen LogP) is 1.77. The summed E-state index contributed by atoms with van der Waals surface area (Å²) in [6, 6.07) is 10.3. The van der Waals surface area contributed by atoms with E-state index in [0.717, 1.165) is 6.54 Å². The maximum absolute atomic E-state index is 5.58. The minimum atomic E-state index is 0.778. The number of hydrogen-bond acceptors (Lipinski definition) is 2. The molecule has 0 saturated heterocycles. The molecule has 1 aromatic rings. The molecular formula is C11H12N2. The zero-order valence-corrected chi connectivity index (χ0v) is 7.35. The fourth-order valence-electron chi connectivity index (χ4n) is 1.35. The van der Waals surface area contributed by atoms with Crippen molar-refractivity contribution in [2.45, 2.75) is 0 Å². The number of allylic oxidation sites excluding steroid dienone is 2. The van der Waals surface area contributed by atoms with Crippen LogP contribution in [0.2, 0.25) is 0 Å². The third-order valence-electron chi connectivity index (χ3n) is 2.07. The van der Waals surface area contributed by atoms with Gasteiger partial charge in [0.2, 0.25) is 0 Å². The van der Waals surface area contributed by atoms with Gasteiger partial charge in [0.05, 0.1) is 6.54 Å². The maximum Gasteiger partial charge on any atom is 0.0525 e. The van der Waals surface area contributed by atoms with Crippen molar-refractivity contribution >= 4 is 5.57 Å². The minimum Gasteiger partial charge on any atom is -0.314 e. The summed E-state index contributed by atoms with van der Waals surface area (Å²) >= 11 is 0. The van der Waals surface area contributed by atoms with Gasteiger partial charge in [0.15, 0.2) is 0 Å². The first-order valence-electron chi connectivity index (χ1n) is 4.31. The molecule has 0 saturated carbocycles. The molecule has 1 heterocycles. The van der Waals surface area contributed by atoms with E-state index in [-0.39, 0.29) is 0 Å². The molecule has 66 valence electrons. The van der Waals surface area contributed by atoms with Crippen LogP contribution < -0.4 is 5.84 Å². The molecule has 2 N–H and O–H groups in total. The Morgan fingerprint density at radius 1 is 1.15 bits per heavy atom. The number of hydrogen-bond donors (Lipinski definition) is 1. The Balaban J connectivity index is 2.25. The van der Waals surface area contributed by atoms with E-state index in [1.807, 2.05) is 30.5 Å². The van der Waals surface area contributed by atoms with E-state index in [2.05, 4.69) is 18.2 Å². The molecule has 2 nitrogen and oxygen atoms in total. The van der Waals surface area contributed by atoms with Crippen molar-refractivity contribution < 1.29 is 0 Å². The highest BCUT2D eigenvalue weighted by molar-refractivity contribution is 5.74. The molecule has 2 heteroatoms. The number of rotatable bonds is 1. The summed E-state index contributed by atoms with van der Waals surface area (Å²) in [6.45, 7) is 0.778. The third-order valence-corrected chi connectivity index (χ3v) is 2.07. The van der Waals surface area contributed by atoms with Gasteiger partial charge < -0.3 is 5.01 Å². The van der Waals surface area contributed by atoms with Crippen LogP contribution >= 0.6 is 0 Å². The first-order chi connectivity index (χ1) is 6.36. The Labute approximate surface area is 77.9 Å². The van der Waals surface area contributed by atoms with Gasteiger partial charge in [-0.3, -0.25) is 0 Å². The molecule has 13 heavy (non-hydrogen) atoms. The average Bonchev–Trinajstić information content (AvgIpc) is 2.20. The molecule has 0 aromatic heterocycles. The van der Waals surface area contributed by atoms with Crippen LogP contribution in [0.1, 0.15) is 5.56 Å². The van der Waals surface area contributed by atoms with E-state index in [0.29, 0.717) is 0 Å². The van der Waals surface area contributed by atoms with Gasteiger partial charge in [-0.2, -0.15) is 0 Å². The lowest BCUT2D eigenvalue weighted by Gasteiger charge is -2.16. The van der Waals surface area contributed by atoms with Gasteiger partial charge in [-0.05, 0) is 17.2 Å². The zero-order chi connectivity index (χ0) is 9.10. The van der Waals surface area contributed by atoms with E-state index >= 15 is 0 Å². The van der Waals surface area contributed by atoms with Gasteiger partial charge in [0.25, 0.3) is 0 Å². The summed E-state index contributed by atoms with van der Waals surface area (Å²) in [5.41, 5.74) is 2.48. The largest absolute Gasteiger partial charge is 0.314 e. The SMILES string of the molecule is NN1C=CC(c2ccccc2)=CC1. The molecule has 0 amide bonds. The van der Waals surface area contributed by atoms with Gasteiger partial charge in [-0.25, -0.2) is 5.84 Å². The summed E-state index contributed by atoms with van der Waals surface area (Å²) < 4.78 is 0. The van der Waals surface area contributed by atoms with Crippen molar-refractivity contribution in [1.29, 1.82) is 0 Å². The second-order valence-electron chi connectivity index (χ2n) is 3.04. The topological polar surface area (TPSA) is 29.3 Å². The van der Waals surface area contributed by atoms with Crippen LogP contribution in [-0.4, -0.2) is 11.6 Å². The molecule has 1 aromatic carbocycles. The number of benzene rings is 1. The number of nitrogens with two attached hydrogens (primary N) is 1. The second-order valence-corrected chi connectivity index (χ2v) is 3.04. The highest BCUT2D eigenvalue weighted by Crippen LogP contribution is 2.17. The molecule has 1 aliphatic rings. The van der Waals surface area contributed by atoms with Crippen LogP contribution in [0, 0.1) is 0 Å². The number of nitrogens with zero attached hydrogens (tertiary/aromatic N) is 1. The molecule has 0 aliphatic carbocycles. The van der Waals surface area contributed by atoms with Crippen LogP contribution in [0.3, 0.4) is 0 Å². The van der Waals surface area contributed by atoms with Gasteiger partial charge in [-0.15, -0.1) is 0 Å². The lowest BCUT2D eigenvalue weighted by molar-refractivity contribution is 0.435. The second kappa shape index (κ2) is 3.46. The molecule has 0 atom stereocenters. The Kier molecular flexibility index (Phi) is 2.15. The van der Waals surface area contributed by atoms with E-state index in [9.17, 15) is 0 Å². The molecule has 2 rings (SSSR count). The zero-order valence-electron chi connectivity index (χ0n) is 7.35. The lowest BCUT2D eigenvalue weighted by atomic mass is 10.0. The summed E-state index contributed by atoms with van der Waals surface area (Å²) in [6.07, 6.45) is 6.04. The number of hydrazine groups is 1. The van der Waals surface area contributed by atoms with E-state index in [4.69, 9.17) is 5.84 Å². The Morgan fingerprint density at radius 3 is 2.54 bits per heavy atom. The molecule has 0 spiro atoms. The van der Waals surface area contributed by atoms with Crippen LogP contribution in [0.15, 0.2) is 48.7 Å². The Morgan fingerprint density at radius 2 is 1.92 bits per heavy atom. The standard InChI is InChI=1S/C11H12N2/c12-13-8-6-11(7-9-13)10-4-2-1-3-5-10/h1-8H,9,12H2. The lowest BCUT2D eigenvalue weighted by Crippen LogP contribution is -2.26. The first-order valence-corrected chi connectivity index (χ1v) is 4.31. The van der Waals surface area contributed by atoms with Crippen LogP contribution in [-0.2, 0) is 0 Å². The van der Waals surface area contributed by atoms with Crippen molar-refractivity contribution in [2.24, 2.45) is 5.84 Å². The smallest absolute Gasteiger partial charge is 0.0525 e. The van der Waals surface area contributed by atoms with Crippen LogP contribution in [0.5, 0.6) is 0 Å². The molecule has 0 fully saturated rings. The van der Waals surface area contributed by atoms with Crippen molar-refractivity contribution in [3.05, 3.63) is 54.2 Å². The van der Waals surface area contributed by atoms with Crippen molar-refractivity contribution in [2.75, 3.05) is 6.54 Å². The van der Waals surface area contributed by atoms with Crippen LogP contribution in [0.25, 0.3) is 5.57 Å². The first kappa shape index (κ1) is 8.08. The van der Waals surface area contributed by atoms with Crippen LogP contribution in [0.4, 0.5) is 0 Å². The Hall–Kier alpha value is -1.54. The van der Waals surface area contributed by atoms with Crippen molar-refractivity contribution in [3.8, 4) is 0 Å². The summed E-state index contributed by atoms with van der Waals surface area (Å²) in [4.78, 5) is 0. The Bertz CT molecular complexity index is 338. The maximum atomic E-state index is 5.58. The van der Waals surface area contributed by atoms with Gasteiger partial charge in [0, 0.05) is 6.20 Å². The molecule has 1 aliphatic heterocycles. The summed E-state index contributed by atoms with van der Waals surface area (Å²) in [7, 11) is 0. The fourth-order valence-corrected chi connectivity index (χ4v) is 1.35. The van der Waals surface area contributed by atoms with E-state index in [1.165, 1.54) is 11.1 Å². The summed E-state index contributed by atoms with van der Waals surface area (Å²) in [5.74, 6) is 5.58. The minimum absolute atomic E-state index is 0.778. The van der Waals surface area contributed by atoms with E-state index < -0.39 is 0 Å². The van der Waals surface area contributed by atoms with Crippen molar-refractivity contribution in [1.82, 2.24) is 5.01 Å². The van der Waals surface area contributed by atoms with Gasteiger partial charge in [0.1, 0.15) is 0 Å². The molecular weight excluding hydrogens is 160 g/mol. The average molecular weight is 172 g/mol. The van der Waals surface area contributed by atoms with Gasteiger partial charge in [-0.1, -0.05) is 36.4 Å². The van der Waals surface area contributed by atoms with E-state index in [1.54, 1.807) is 5.01 Å². The highest BCUT2D eigenvalue weighted by atomic mass is 15.4. The molecule has 0 bridgehead atoms. The third kappa shape index (κ3) is 1.79. The quantitative estimate of drug-likeness (QED) is 0.654. The fraction of sp³-hybridized carbons (Fsp3) is 0.0909. The predicted molar refractivity (Wildman–Crippen MR) is 54.5 cm³/mol. The summed E-state index contributed by atoms with van der Waals surface area (Å²) in [5, 5.41) is 1.66. The highest BCUT2D eigenvalue weighted by Gasteiger charge is 2.01. The van der Waals surface area contributed by atoms with Gasteiger partial charge >= 0.3 is 0 Å². The molecule has 0 radical (unpaired) electrons.